The van der Waals surface area contributed by atoms with Crippen LogP contribution in [0.5, 0.6) is 0 Å². The first-order valence-corrected chi connectivity index (χ1v) is 9.71. The van der Waals surface area contributed by atoms with Crippen LogP contribution < -0.4 is 0 Å². The average molecular weight is 382 g/mol. The SMILES string of the molecule is Cc1ccc(-n2nnnc2SCC(=O)N(C)Cc2ccccc2C)cc1C. The second-order valence-electron chi connectivity index (χ2n) is 6.61. The molecule has 0 radical (unpaired) electrons. The second kappa shape index (κ2) is 8.35. The number of thioether (sulfide) groups is 1. The summed E-state index contributed by atoms with van der Waals surface area (Å²) in [6, 6.07) is 14.2. The van der Waals surface area contributed by atoms with Crippen LogP contribution in [-0.2, 0) is 11.3 Å². The van der Waals surface area contributed by atoms with Crippen LogP contribution in [0.15, 0.2) is 47.6 Å². The number of aryl methyl sites for hydroxylation is 3. The molecule has 27 heavy (non-hydrogen) atoms. The van der Waals surface area contributed by atoms with Crippen LogP contribution in [0.25, 0.3) is 5.69 Å². The fourth-order valence-electron chi connectivity index (χ4n) is 2.66. The van der Waals surface area contributed by atoms with Crippen molar-refractivity contribution in [2.75, 3.05) is 12.8 Å². The highest BCUT2D eigenvalue weighted by molar-refractivity contribution is 7.99. The zero-order valence-corrected chi connectivity index (χ0v) is 16.8. The van der Waals surface area contributed by atoms with Gasteiger partial charge in [0.25, 0.3) is 0 Å². The van der Waals surface area contributed by atoms with Gasteiger partial charge in [-0.25, -0.2) is 0 Å². The smallest absolute Gasteiger partial charge is 0.233 e. The molecular weight excluding hydrogens is 358 g/mol. The number of nitrogens with zero attached hydrogens (tertiary/aromatic N) is 5. The van der Waals surface area contributed by atoms with Crippen molar-refractivity contribution in [3.05, 3.63) is 64.7 Å². The van der Waals surface area contributed by atoms with Gasteiger partial charge in [-0.1, -0.05) is 42.1 Å². The number of hydrogen-bond donors (Lipinski definition) is 0. The Bertz CT molecular complexity index is 953. The zero-order chi connectivity index (χ0) is 19.4. The molecule has 0 saturated carbocycles. The molecular formula is C20H23N5OS. The molecule has 0 aliphatic heterocycles. The van der Waals surface area contributed by atoms with E-state index < -0.39 is 0 Å². The predicted molar refractivity (Wildman–Crippen MR) is 107 cm³/mol. The number of rotatable bonds is 6. The third-order valence-electron chi connectivity index (χ3n) is 4.60. The maximum Gasteiger partial charge on any atom is 0.233 e. The largest absolute Gasteiger partial charge is 0.341 e. The van der Waals surface area contributed by atoms with Crippen LogP contribution in [0.1, 0.15) is 22.3 Å². The molecule has 0 bridgehead atoms. The van der Waals surface area contributed by atoms with Gasteiger partial charge in [-0.3, -0.25) is 4.79 Å². The van der Waals surface area contributed by atoms with Gasteiger partial charge in [-0.05, 0) is 65.6 Å². The molecule has 0 fully saturated rings. The van der Waals surface area contributed by atoms with Crippen LogP contribution in [0.2, 0.25) is 0 Å². The van der Waals surface area contributed by atoms with Crippen LogP contribution in [0, 0.1) is 20.8 Å². The summed E-state index contributed by atoms with van der Waals surface area (Å²) >= 11 is 1.35. The molecule has 3 rings (SSSR count). The summed E-state index contributed by atoms with van der Waals surface area (Å²) in [6.45, 7) is 6.77. The maximum atomic E-state index is 12.5. The van der Waals surface area contributed by atoms with E-state index in [0.29, 0.717) is 11.7 Å². The first kappa shape index (κ1) is 19.1. The molecule has 7 heteroatoms. The average Bonchev–Trinajstić information content (AvgIpc) is 3.12. The van der Waals surface area contributed by atoms with Crippen molar-refractivity contribution >= 4 is 17.7 Å². The molecule has 0 aliphatic carbocycles. The lowest BCUT2D eigenvalue weighted by Gasteiger charge is -2.18. The summed E-state index contributed by atoms with van der Waals surface area (Å²) in [6.07, 6.45) is 0. The van der Waals surface area contributed by atoms with E-state index in [4.69, 9.17) is 0 Å². The minimum Gasteiger partial charge on any atom is -0.341 e. The molecule has 1 heterocycles. The Morgan fingerprint density at radius 1 is 1.07 bits per heavy atom. The van der Waals surface area contributed by atoms with Crippen molar-refractivity contribution < 1.29 is 4.79 Å². The van der Waals surface area contributed by atoms with E-state index in [1.54, 1.807) is 9.58 Å². The molecule has 1 amide bonds. The van der Waals surface area contributed by atoms with Crippen molar-refractivity contribution in [1.82, 2.24) is 25.1 Å². The normalized spacial score (nSPS) is 10.8. The van der Waals surface area contributed by atoms with Crippen LogP contribution in [0.4, 0.5) is 0 Å². The van der Waals surface area contributed by atoms with Crippen LogP contribution >= 0.6 is 11.8 Å². The standard InChI is InChI=1S/C20H23N5OS/c1-14-9-10-18(11-16(14)3)25-20(21-22-23-25)27-13-19(26)24(4)12-17-8-6-5-7-15(17)2/h5-11H,12-13H2,1-4H3. The Hall–Kier alpha value is -2.67. The van der Waals surface area contributed by atoms with Gasteiger partial charge in [0.2, 0.25) is 11.1 Å². The second-order valence-corrected chi connectivity index (χ2v) is 7.55. The Kier molecular flexibility index (Phi) is 5.91. The van der Waals surface area contributed by atoms with E-state index in [9.17, 15) is 4.79 Å². The van der Waals surface area contributed by atoms with Crippen molar-refractivity contribution in [2.24, 2.45) is 0 Å². The van der Waals surface area contributed by atoms with Gasteiger partial charge in [-0.15, -0.1) is 5.10 Å². The molecule has 2 aromatic carbocycles. The fourth-order valence-corrected chi connectivity index (χ4v) is 3.49. The number of tetrazole rings is 1. The van der Waals surface area contributed by atoms with Gasteiger partial charge in [0.05, 0.1) is 11.4 Å². The quantitative estimate of drug-likeness (QED) is 0.613. The topological polar surface area (TPSA) is 63.9 Å². The summed E-state index contributed by atoms with van der Waals surface area (Å²) in [5.41, 5.74) is 5.62. The van der Waals surface area contributed by atoms with Gasteiger partial charge < -0.3 is 4.90 Å². The molecule has 140 valence electrons. The number of benzene rings is 2. The lowest BCUT2D eigenvalue weighted by Crippen LogP contribution is -2.28. The van der Waals surface area contributed by atoms with E-state index in [-0.39, 0.29) is 11.7 Å². The Morgan fingerprint density at radius 3 is 2.59 bits per heavy atom. The first-order valence-electron chi connectivity index (χ1n) is 8.73. The van der Waals surface area contributed by atoms with Gasteiger partial charge in [-0.2, -0.15) is 4.68 Å². The molecule has 0 atom stereocenters. The third-order valence-corrected chi connectivity index (χ3v) is 5.50. The number of carbonyl (C=O) groups excluding carboxylic acids is 1. The zero-order valence-electron chi connectivity index (χ0n) is 16.0. The van der Waals surface area contributed by atoms with Crippen molar-refractivity contribution in [3.63, 3.8) is 0 Å². The first-order chi connectivity index (χ1) is 13.0. The lowest BCUT2D eigenvalue weighted by atomic mass is 10.1. The summed E-state index contributed by atoms with van der Waals surface area (Å²) in [5, 5.41) is 12.5. The van der Waals surface area contributed by atoms with E-state index in [1.165, 1.54) is 28.5 Å². The number of carbonyl (C=O) groups is 1. The van der Waals surface area contributed by atoms with E-state index in [2.05, 4.69) is 42.4 Å². The van der Waals surface area contributed by atoms with Crippen LogP contribution in [0.3, 0.4) is 0 Å². The molecule has 0 spiro atoms. The highest BCUT2D eigenvalue weighted by atomic mass is 32.2. The molecule has 1 aromatic heterocycles. The molecule has 0 aliphatic rings. The highest BCUT2D eigenvalue weighted by Crippen LogP contribution is 2.21. The Labute approximate surface area is 163 Å². The Balaban J connectivity index is 1.65. The lowest BCUT2D eigenvalue weighted by molar-refractivity contribution is -0.127. The van der Waals surface area contributed by atoms with Crippen molar-refractivity contribution in [2.45, 2.75) is 32.5 Å². The highest BCUT2D eigenvalue weighted by Gasteiger charge is 2.15. The minimum absolute atomic E-state index is 0.0397. The van der Waals surface area contributed by atoms with Gasteiger partial charge in [0.1, 0.15) is 0 Å². The molecule has 0 N–H and O–H groups in total. The van der Waals surface area contributed by atoms with Gasteiger partial charge in [0.15, 0.2) is 0 Å². The predicted octanol–water partition coefficient (Wildman–Crippen LogP) is 3.34. The molecule has 0 saturated heterocycles. The van der Waals surface area contributed by atoms with Crippen molar-refractivity contribution in [1.29, 1.82) is 0 Å². The van der Waals surface area contributed by atoms with E-state index in [0.717, 1.165) is 11.3 Å². The van der Waals surface area contributed by atoms with Crippen molar-refractivity contribution in [3.8, 4) is 5.69 Å². The monoisotopic (exact) mass is 381 g/mol. The summed E-state index contributed by atoms with van der Waals surface area (Å²) in [4.78, 5) is 14.3. The van der Waals surface area contributed by atoms with Crippen LogP contribution in [-0.4, -0.2) is 43.8 Å². The summed E-state index contributed by atoms with van der Waals surface area (Å²) in [7, 11) is 1.82. The van der Waals surface area contributed by atoms with E-state index >= 15 is 0 Å². The third kappa shape index (κ3) is 4.54. The Morgan fingerprint density at radius 2 is 1.85 bits per heavy atom. The number of amides is 1. The number of aromatic nitrogens is 4. The van der Waals surface area contributed by atoms with Gasteiger partial charge >= 0.3 is 0 Å². The summed E-state index contributed by atoms with van der Waals surface area (Å²) in [5.74, 6) is 0.325. The minimum atomic E-state index is 0.0397. The maximum absolute atomic E-state index is 12.5. The number of hydrogen-bond acceptors (Lipinski definition) is 5. The fraction of sp³-hybridized carbons (Fsp3) is 0.300. The van der Waals surface area contributed by atoms with Gasteiger partial charge in [0, 0.05) is 13.6 Å². The molecule has 3 aromatic rings. The molecule has 0 unspecified atom stereocenters. The molecule has 6 nitrogen and oxygen atoms in total. The van der Waals surface area contributed by atoms with E-state index in [1.807, 2.05) is 43.4 Å². The summed E-state index contributed by atoms with van der Waals surface area (Å²) < 4.78 is 1.67.